The largest absolute Gasteiger partial charge is 0.493 e. The fourth-order valence-corrected chi connectivity index (χ4v) is 4.30. The van der Waals surface area contributed by atoms with Gasteiger partial charge in [0.05, 0.1) is 25.8 Å². The molecular weight excluding hydrogens is 455 g/mol. The predicted octanol–water partition coefficient (Wildman–Crippen LogP) is 5.21. The third-order valence-electron chi connectivity index (χ3n) is 5.65. The summed E-state index contributed by atoms with van der Waals surface area (Å²) in [6.45, 7) is 6.97. The van der Waals surface area contributed by atoms with Gasteiger partial charge in [-0.1, -0.05) is 31.1 Å². The maximum atomic E-state index is 13.6. The minimum atomic E-state index is -0.366. The molecule has 7 nitrogen and oxygen atoms in total. The van der Waals surface area contributed by atoms with Gasteiger partial charge in [-0.15, -0.1) is 0 Å². The number of benzene rings is 2. The molecule has 0 bridgehead atoms. The lowest BCUT2D eigenvalue weighted by molar-refractivity contribution is 0.355. The third kappa shape index (κ3) is 4.61. The van der Waals surface area contributed by atoms with E-state index < -0.39 is 0 Å². The van der Waals surface area contributed by atoms with Crippen molar-refractivity contribution in [1.29, 1.82) is 0 Å². The Morgan fingerprint density at radius 2 is 1.82 bits per heavy atom. The van der Waals surface area contributed by atoms with E-state index in [4.69, 9.17) is 31.2 Å². The Balaban J connectivity index is 1.80. The monoisotopic (exact) mass is 482 g/mol. The van der Waals surface area contributed by atoms with Crippen LogP contribution < -0.4 is 14.8 Å². The van der Waals surface area contributed by atoms with E-state index in [1.807, 2.05) is 17.9 Å². The summed E-state index contributed by atoms with van der Waals surface area (Å²) in [5.74, 6) is 2.03. The van der Waals surface area contributed by atoms with Crippen LogP contribution in [0.5, 0.6) is 11.5 Å². The zero-order valence-electron chi connectivity index (χ0n) is 19.8. The van der Waals surface area contributed by atoms with Crippen molar-refractivity contribution in [2.24, 2.45) is 5.92 Å². The lowest BCUT2D eigenvalue weighted by Gasteiger charge is -2.38. The van der Waals surface area contributed by atoms with Gasteiger partial charge in [0.25, 0.3) is 5.89 Å². The number of aromatic nitrogens is 2. The van der Waals surface area contributed by atoms with Crippen LogP contribution in [0.3, 0.4) is 0 Å². The van der Waals surface area contributed by atoms with E-state index in [0.717, 1.165) is 28.9 Å². The van der Waals surface area contributed by atoms with Crippen molar-refractivity contribution in [3.05, 3.63) is 65.4 Å². The van der Waals surface area contributed by atoms with Crippen LogP contribution in [0.2, 0.25) is 0 Å². The highest BCUT2D eigenvalue weighted by atomic mass is 32.1. The highest BCUT2D eigenvalue weighted by Crippen LogP contribution is 2.38. The summed E-state index contributed by atoms with van der Waals surface area (Å²) in [4.78, 5) is 6.74. The molecular formula is C25H27FN4O3S. The average Bonchev–Trinajstić information content (AvgIpc) is 3.31. The number of methoxy groups -OCH3 is 2. The Hall–Kier alpha value is -3.46. The van der Waals surface area contributed by atoms with Crippen LogP contribution in [0, 0.1) is 11.7 Å². The maximum absolute atomic E-state index is 13.6. The van der Waals surface area contributed by atoms with Gasteiger partial charge < -0.3 is 24.2 Å². The topological polar surface area (TPSA) is 72.7 Å². The minimum Gasteiger partial charge on any atom is -0.493 e. The van der Waals surface area contributed by atoms with E-state index in [9.17, 15) is 4.39 Å². The van der Waals surface area contributed by atoms with Gasteiger partial charge in [0.2, 0.25) is 5.82 Å². The summed E-state index contributed by atoms with van der Waals surface area (Å²) in [7, 11) is 3.16. The number of allylic oxidation sites excluding steroid dienone is 1. The molecule has 178 valence electrons. The van der Waals surface area contributed by atoms with Gasteiger partial charge in [-0.3, -0.25) is 0 Å². The minimum absolute atomic E-state index is 0.306. The molecule has 1 atom stereocenters. The number of rotatable bonds is 7. The van der Waals surface area contributed by atoms with Gasteiger partial charge in [0.1, 0.15) is 5.82 Å². The third-order valence-corrected chi connectivity index (χ3v) is 5.98. The van der Waals surface area contributed by atoms with Crippen molar-refractivity contribution in [3.63, 3.8) is 0 Å². The van der Waals surface area contributed by atoms with Crippen molar-refractivity contribution in [1.82, 2.24) is 20.4 Å². The average molecular weight is 483 g/mol. The Kier molecular flexibility index (Phi) is 6.83. The van der Waals surface area contributed by atoms with Crippen LogP contribution in [0.25, 0.3) is 17.0 Å². The summed E-state index contributed by atoms with van der Waals surface area (Å²) in [5.41, 5.74) is 3.27. The fraction of sp³-hybridized carbons (Fsp3) is 0.320. The SMILES string of the molecule is COc1ccc(-c2noc(C3=C(C)N(CC(C)C)C(=S)NC3c3ccc(F)cc3)n2)cc1OC. The second kappa shape index (κ2) is 9.80. The molecule has 0 spiro atoms. The molecule has 0 fully saturated rings. The van der Waals surface area contributed by atoms with Crippen molar-refractivity contribution < 1.29 is 18.4 Å². The van der Waals surface area contributed by atoms with Gasteiger partial charge in [-0.25, -0.2) is 4.39 Å². The molecule has 3 aromatic rings. The summed E-state index contributed by atoms with van der Waals surface area (Å²) < 4.78 is 30.1. The van der Waals surface area contributed by atoms with Crippen LogP contribution in [-0.4, -0.2) is 40.9 Å². The Bertz CT molecular complexity index is 1220. The molecule has 4 rings (SSSR count). The molecule has 34 heavy (non-hydrogen) atoms. The zero-order valence-corrected chi connectivity index (χ0v) is 20.6. The summed E-state index contributed by atoms with van der Waals surface area (Å²) in [5, 5.41) is 8.20. The highest BCUT2D eigenvalue weighted by molar-refractivity contribution is 7.80. The van der Waals surface area contributed by atoms with Crippen molar-refractivity contribution in [3.8, 4) is 22.9 Å². The second-order valence-electron chi connectivity index (χ2n) is 8.43. The van der Waals surface area contributed by atoms with Gasteiger partial charge in [-0.05, 0) is 61.0 Å². The van der Waals surface area contributed by atoms with Gasteiger partial charge in [0, 0.05) is 17.8 Å². The lowest BCUT2D eigenvalue weighted by atomic mass is 9.94. The molecule has 1 aliphatic rings. The van der Waals surface area contributed by atoms with E-state index >= 15 is 0 Å². The van der Waals surface area contributed by atoms with Crippen molar-refractivity contribution in [2.45, 2.75) is 26.8 Å². The number of nitrogens with zero attached hydrogens (tertiary/aromatic N) is 3. The first-order chi connectivity index (χ1) is 16.3. The molecule has 1 aromatic heterocycles. The summed E-state index contributed by atoms with van der Waals surface area (Å²) in [6, 6.07) is 11.4. The number of nitrogens with one attached hydrogen (secondary N) is 1. The van der Waals surface area contributed by atoms with E-state index in [0.29, 0.717) is 34.2 Å². The summed E-state index contributed by atoms with van der Waals surface area (Å²) >= 11 is 5.68. The van der Waals surface area contributed by atoms with Gasteiger partial charge >= 0.3 is 0 Å². The normalized spacial score (nSPS) is 16.1. The quantitative estimate of drug-likeness (QED) is 0.460. The van der Waals surface area contributed by atoms with Crippen LogP contribution in [0.15, 0.2) is 52.7 Å². The molecule has 0 saturated carbocycles. The van der Waals surface area contributed by atoms with Crippen LogP contribution >= 0.6 is 12.2 Å². The number of thiocarbonyl (C=S) groups is 1. The van der Waals surface area contributed by atoms with Crippen LogP contribution in [-0.2, 0) is 0 Å². The molecule has 2 heterocycles. The molecule has 0 saturated heterocycles. The molecule has 0 amide bonds. The fourth-order valence-electron chi connectivity index (χ4n) is 3.97. The molecule has 9 heteroatoms. The standard InChI is InChI=1S/C25H27FN4O3S/c1-14(2)13-30-15(3)21(22(27-25(30)34)16-6-9-18(26)10-7-16)24-28-23(29-33-24)17-8-11-19(31-4)20(12-17)32-5/h6-12,14,22H,13H2,1-5H3,(H,27,34). The molecule has 2 aromatic carbocycles. The van der Waals surface area contributed by atoms with E-state index in [1.165, 1.54) is 12.1 Å². The predicted molar refractivity (Wildman–Crippen MR) is 132 cm³/mol. The summed E-state index contributed by atoms with van der Waals surface area (Å²) in [6.07, 6.45) is 0. The Labute approximate surface area is 203 Å². The number of halogens is 1. The molecule has 0 aliphatic carbocycles. The second-order valence-corrected chi connectivity index (χ2v) is 8.82. The van der Waals surface area contributed by atoms with Gasteiger partial charge in [-0.2, -0.15) is 4.98 Å². The molecule has 1 aliphatic heterocycles. The molecule has 1 unspecified atom stereocenters. The number of ether oxygens (including phenoxy) is 2. The molecule has 1 N–H and O–H groups in total. The smallest absolute Gasteiger partial charge is 0.258 e. The number of hydrogen-bond donors (Lipinski definition) is 1. The highest BCUT2D eigenvalue weighted by Gasteiger charge is 2.34. The first kappa shape index (κ1) is 23.7. The first-order valence-electron chi connectivity index (χ1n) is 10.9. The Morgan fingerprint density at radius 3 is 2.47 bits per heavy atom. The zero-order chi connectivity index (χ0) is 24.4. The Morgan fingerprint density at radius 1 is 1.12 bits per heavy atom. The first-order valence-corrected chi connectivity index (χ1v) is 11.3. The van der Waals surface area contributed by atoms with E-state index in [2.05, 4.69) is 24.3 Å². The van der Waals surface area contributed by atoms with Crippen molar-refractivity contribution >= 4 is 22.9 Å². The number of hydrogen-bond acceptors (Lipinski definition) is 6. The van der Waals surface area contributed by atoms with Gasteiger partial charge in [0.15, 0.2) is 16.6 Å². The van der Waals surface area contributed by atoms with E-state index in [-0.39, 0.29) is 11.9 Å². The van der Waals surface area contributed by atoms with Crippen molar-refractivity contribution in [2.75, 3.05) is 20.8 Å². The lowest BCUT2D eigenvalue weighted by Crippen LogP contribution is -2.47. The van der Waals surface area contributed by atoms with Crippen LogP contribution in [0.1, 0.15) is 38.3 Å². The molecule has 0 radical (unpaired) electrons. The van der Waals surface area contributed by atoms with E-state index in [1.54, 1.807) is 38.5 Å². The maximum Gasteiger partial charge on any atom is 0.258 e. The van der Waals surface area contributed by atoms with Crippen LogP contribution in [0.4, 0.5) is 4.39 Å².